The molecular formula is C9H15N3O2. The second kappa shape index (κ2) is 6.04. The van der Waals surface area contributed by atoms with E-state index in [4.69, 9.17) is 15.4 Å². The lowest BCUT2D eigenvalue weighted by Crippen LogP contribution is -2.18. The maximum absolute atomic E-state index is 8.27. The summed E-state index contributed by atoms with van der Waals surface area (Å²) >= 11 is 0. The van der Waals surface area contributed by atoms with Crippen molar-refractivity contribution < 1.29 is 9.62 Å². The van der Waals surface area contributed by atoms with E-state index in [-0.39, 0.29) is 5.84 Å². The fourth-order valence-corrected chi connectivity index (χ4v) is 1.07. The van der Waals surface area contributed by atoms with Crippen LogP contribution < -0.4 is 11.1 Å². The first kappa shape index (κ1) is 10.6. The number of nitrogens with zero attached hydrogens (tertiary/aromatic N) is 1. The van der Waals surface area contributed by atoms with Crippen LogP contribution in [-0.2, 0) is 6.54 Å². The van der Waals surface area contributed by atoms with Gasteiger partial charge in [-0.05, 0) is 19.0 Å². The molecule has 78 valence electrons. The molecule has 0 unspecified atom stereocenters. The zero-order valence-electron chi connectivity index (χ0n) is 7.94. The van der Waals surface area contributed by atoms with Crippen LogP contribution in [0.3, 0.4) is 0 Å². The zero-order chi connectivity index (χ0) is 10.2. The molecule has 0 saturated carbocycles. The average Bonchev–Trinajstić information content (AvgIpc) is 2.69. The summed E-state index contributed by atoms with van der Waals surface area (Å²) in [7, 11) is 0. The smallest absolute Gasteiger partial charge is 0.139 e. The normalized spacial score (nSPS) is 11.9. The Labute approximate surface area is 82.6 Å². The molecule has 1 rings (SSSR count). The molecule has 1 heterocycles. The Balaban J connectivity index is 2.00. The Bertz CT molecular complexity index is 270. The number of amidine groups is 1. The standard InChI is InChI=1S/C9H15N3O2/c10-9(12-13)2-1-4-11-6-8-3-5-14-7-8/h3,5,7,11,13H,1-2,4,6H2,(H2,10,12). The molecule has 5 heteroatoms. The average molecular weight is 197 g/mol. The number of oxime groups is 1. The molecule has 0 spiro atoms. The number of hydrogen-bond acceptors (Lipinski definition) is 4. The van der Waals surface area contributed by atoms with Crippen molar-refractivity contribution in [3.8, 4) is 0 Å². The maximum atomic E-state index is 8.27. The summed E-state index contributed by atoms with van der Waals surface area (Å²) in [5.74, 6) is 0.273. The molecule has 0 aromatic carbocycles. The number of hydrogen-bond donors (Lipinski definition) is 3. The van der Waals surface area contributed by atoms with E-state index in [1.54, 1.807) is 12.5 Å². The van der Waals surface area contributed by atoms with Crippen molar-refractivity contribution in [2.75, 3.05) is 6.54 Å². The largest absolute Gasteiger partial charge is 0.472 e. The van der Waals surface area contributed by atoms with Crippen LogP contribution in [0.15, 0.2) is 28.2 Å². The fourth-order valence-electron chi connectivity index (χ4n) is 1.07. The van der Waals surface area contributed by atoms with Crippen LogP contribution in [-0.4, -0.2) is 17.6 Å². The van der Waals surface area contributed by atoms with Crippen LogP contribution in [0, 0.1) is 0 Å². The third kappa shape index (κ3) is 3.95. The van der Waals surface area contributed by atoms with Crippen LogP contribution in [0.2, 0.25) is 0 Å². The van der Waals surface area contributed by atoms with E-state index in [2.05, 4.69) is 10.5 Å². The Morgan fingerprint density at radius 3 is 3.14 bits per heavy atom. The van der Waals surface area contributed by atoms with Crippen molar-refractivity contribution in [3.05, 3.63) is 24.2 Å². The minimum absolute atomic E-state index is 0.273. The summed E-state index contributed by atoms with van der Waals surface area (Å²) in [5, 5.41) is 14.4. The van der Waals surface area contributed by atoms with Gasteiger partial charge < -0.3 is 20.7 Å². The van der Waals surface area contributed by atoms with Crippen LogP contribution in [0.4, 0.5) is 0 Å². The molecular weight excluding hydrogens is 182 g/mol. The monoisotopic (exact) mass is 197 g/mol. The first-order valence-corrected chi connectivity index (χ1v) is 4.51. The first-order chi connectivity index (χ1) is 6.83. The highest BCUT2D eigenvalue weighted by Crippen LogP contribution is 1.98. The van der Waals surface area contributed by atoms with Gasteiger partial charge in [-0.25, -0.2) is 0 Å². The van der Waals surface area contributed by atoms with Gasteiger partial charge in [0.15, 0.2) is 0 Å². The van der Waals surface area contributed by atoms with Crippen LogP contribution >= 0.6 is 0 Å². The number of nitrogens with one attached hydrogen (secondary N) is 1. The molecule has 5 nitrogen and oxygen atoms in total. The maximum Gasteiger partial charge on any atom is 0.139 e. The first-order valence-electron chi connectivity index (χ1n) is 4.51. The van der Waals surface area contributed by atoms with Gasteiger partial charge in [0.2, 0.25) is 0 Å². The van der Waals surface area contributed by atoms with E-state index in [9.17, 15) is 0 Å². The molecule has 14 heavy (non-hydrogen) atoms. The highest BCUT2D eigenvalue weighted by molar-refractivity contribution is 5.79. The third-order valence-electron chi connectivity index (χ3n) is 1.82. The van der Waals surface area contributed by atoms with Crippen molar-refractivity contribution in [2.45, 2.75) is 19.4 Å². The summed E-state index contributed by atoms with van der Waals surface area (Å²) < 4.78 is 4.91. The minimum Gasteiger partial charge on any atom is -0.472 e. The lowest BCUT2D eigenvalue weighted by Gasteiger charge is -2.01. The second-order valence-electron chi connectivity index (χ2n) is 3.00. The van der Waals surface area contributed by atoms with Gasteiger partial charge >= 0.3 is 0 Å². The molecule has 0 aliphatic heterocycles. The van der Waals surface area contributed by atoms with E-state index in [1.807, 2.05) is 6.07 Å². The number of nitrogens with two attached hydrogens (primary N) is 1. The van der Waals surface area contributed by atoms with Gasteiger partial charge in [-0.1, -0.05) is 5.16 Å². The Kier molecular flexibility index (Phi) is 4.57. The molecule has 4 N–H and O–H groups in total. The van der Waals surface area contributed by atoms with Crippen molar-refractivity contribution in [3.63, 3.8) is 0 Å². The van der Waals surface area contributed by atoms with Crippen LogP contribution in [0.5, 0.6) is 0 Å². The Morgan fingerprint density at radius 2 is 2.50 bits per heavy atom. The highest BCUT2D eigenvalue weighted by atomic mass is 16.4. The van der Waals surface area contributed by atoms with Gasteiger partial charge in [0.1, 0.15) is 5.84 Å². The van der Waals surface area contributed by atoms with Crippen molar-refractivity contribution in [1.29, 1.82) is 0 Å². The van der Waals surface area contributed by atoms with Gasteiger partial charge in [-0.3, -0.25) is 0 Å². The van der Waals surface area contributed by atoms with Crippen LogP contribution in [0.1, 0.15) is 18.4 Å². The predicted octanol–water partition coefficient (Wildman–Crippen LogP) is 0.896. The molecule has 0 aliphatic rings. The van der Waals surface area contributed by atoms with Crippen molar-refractivity contribution in [1.82, 2.24) is 5.32 Å². The molecule has 0 bridgehead atoms. The number of rotatable bonds is 6. The Morgan fingerprint density at radius 1 is 1.64 bits per heavy atom. The molecule has 0 atom stereocenters. The molecule has 1 aromatic rings. The zero-order valence-corrected chi connectivity index (χ0v) is 7.94. The summed E-state index contributed by atoms with van der Waals surface area (Å²) in [6.07, 6.45) is 4.81. The summed E-state index contributed by atoms with van der Waals surface area (Å²) in [6.45, 7) is 1.62. The topological polar surface area (TPSA) is 83.8 Å². The lowest BCUT2D eigenvalue weighted by molar-refractivity contribution is 0.316. The van der Waals surface area contributed by atoms with E-state index in [1.165, 1.54) is 0 Å². The minimum atomic E-state index is 0.273. The molecule has 0 saturated heterocycles. The van der Waals surface area contributed by atoms with Crippen LogP contribution in [0.25, 0.3) is 0 Å². The van der Waals surface area contributed by atoms with E-state index in [0.717, 1.165) is 25.1 Å². The fraction of sp³-hybridized carbons (Fsp3) is 0.444. The third-order valence-corrected chi connectivity index (χ3v) is 1.82. The van der Waals surface area contributed by atoms with E-state index >= 15 is 0 Å². The van der Waals surface area contributed by atoms with Crippen molar-refractivity contribution >= 4 is 5.84 Å². The predicted molar refractivity (Wildman–Crippen MR) is 53.1 cm³/mol. The second-order valence-corrected chi connectivity index (χ2v) is 3.00. The molecule has 1 aromatic heterocycles. The molecule has 0 aliphatic carbocycles. The van der Waals surface area contributed by atoms with Gasteiger partial charge in [0, 0.05) is 18.5 Å². The van der Waals surface area contributed by atoms with E-state index in [0.29, 0.717) is 6.42 Å². The van der Waals surface area contributed by atoms with E-state index < -0.39 is 0 Å². The highest BCUT2D eigenvalue weighted by Gasteiger charge is 1.95. The Hall–Kier alpha value is -1.49. The molecule has 0 radical (unpaired) electrons. The van der Waals surface area contributed by atoms with Gasteiger partial charge in [0.05, 0.1) is 12.5 Å². The number of furan rings is 1. The van der Waals surface area contributed by atoms with Gasteiger partial charge in [-0.2, -0.15) is 0 Å². The lowest BCUT2D eigenvalue weighted by atomic mass is 10.3. The summed E-state index contributed by atoms with van der Waals surface area (Å²) in [4.78, 5) is 0. The van der Waals surface area contributed by atoms with Crippen molar-refractivity contribution in [2.24, 2.45) is 10.9 Å². The quantitative estimate of drug-likeness (QED) is 0.208. The summed E-state index contributed by atoms with van der Waals surface area (Å²) in [5.41, 5.74) is 6.43. The SMILES string of the molecule is N/C(CCCNCc1ccoc1)=N/O. The van der Waals surface area contributed by atoms with Gasteiger partial charge in [-0.15, -0.1) is 0 Å². The molecule has 0 amide bonds. The van der Waals surface area contributed by atoms with Gasteiger partial charge in [0.25, 0.3) is 0 Å². The molecule has 0 fully saturated rings. The summed E-state index contributed by atoms with van der Waals surface area (Å²) in [6, 6.07) is 1.91.